The number of methoxy groups -OCH3 is 2. The Bertz CT molecular complexity index is 429. The molecule has 1 unspecified atom stereocenters. The van der Waals surface area contributed by atoms with Gasteiger partial charge >= 0.3 is 0 Å². The molecule has 0 bridgehead atoms. The normalized spacial score (nSPS) is 12.9. The number of hydrogen-bond donors (Lipinski definition) is 2. The third-order valence-corrected chi connectivity index (χ3v) is 2.89. The molecule has 0 fully saturated rings. The summed E-state index contributed by atoms with van der Waals surface area (Å²) in [6.07, 6.45) is -0.611. The van der Waals surface area contributed by atoms with Gasteiger partial charge in [-0.3, -0.25) is 0 Å². The minimum absolute atomic E-state index is 0.0414. The first-order valence-electron chi connectivity index (χ1n) is 7.05. The molecule has 0 aliphatic rings. The predicted molar refractivity (Wildman–Crippen MR) is 83.5 cm³/mol. The highest BCUT2D eigenvalue weighted by Crippen LogP contribution is 2.38. The number of nitrogens with one attached hydrogen (secondary N) is 1. The molecule has 0 spiro atoms. The van der Waals surface area contributed by atoms with E-state index in [0.717, 1.165) is 5.56 Å². The summed E-state index contributed by atoms with van der Waals surface area (Å²) in [7, 11) is 3.16. The van der Waals surface area contributed by atoms with Gasteiger partial charge in [0.1, 0.15) is 12.7 Å². The van der Waals surface area contributed by atoms with E-state index in [0.29, 0.717) is 23.8 Å². The van der Waals surface area contributed by atoms with Crippen LogP contribution in [0.15, 0.2) is 12.1 Å². The highest BCUT2D eigenvalue weighted by Gasteiger charge is 2.16. The van der Waals surface area contributed by atoms with E-state index in [4.69, 9.17) is 14.2 Å². The maximum Gasteiger partial charge on any atom is 0.203 e. The van der Waals surface area contributed by atoms with Gasteiger partial charge in [-0.15, -0.1) is 0 Å². The summed E-state index contributed by atoms with van der Waals surface area (Å²) in [6, 6.07) is 3.75. The standard InChI is InChI=1S/C16H27NO4/c1-11-7-13(19-5)15(14(8-11)20-6)21-10-12(18)9-17-16(2,3)4/h7-8,12,17-18H,9-10H2,1-6H3. The molecule has 21 heavy (non-hydrogen) atoms. The lowest BCUT2D eigenvalue weighted by Gasteiger charge is -2.23. The van der Waals surface area contributed by atoms with E-state index in [1.54, 1.807) is 14.2 Å². The van der Waals surface area contributed by atoms with E-state index in [2.05, 4.69) is 5.32 Å². The van der Waals surface area contributed by atoms with E-state index < -0.39 is 6.10 Å². The van der Waals surface area contributed by atoms with E-state index in [9.17, 15) is 5.11 Å². The molecule has 5 heteroatoms. The van der Waals surface area contributed by atoms with Crippen molar-refractivity contribution in [2.75, 3.05) is 27.4 Å². The number of hydrogen-bond acceptors (Lipinski definition) is 5. The first-order valence-corrected chi connectivity index (χ1v) is 7.05. The lowest BCUT2D eigenvalue weighted by molar-refractivity contribution is 0.0968. The van der Waals surface area contributed by atoms with Crippen LogP contribution >= 0.6 is 0 Å². The van der Waals surface area contributed by atoms with Crippen molar-refractivity contribution in [1.82, 2.24) is 5.32 Å². The van der Waals surface area contributed by atoms with Crippen molar-refractivity contribution >= 4 is 0 Å². The van der Waals surface area contributed by atoms with Gasteiger partial charge in [0.25, 0.3) is 0 Å². The molecule has 0 saturated carbocycles. The second kappa shape index (κ2) is 7.52. The second-order valence-electron chi connectivity index (χ2n) is 6.09. The Balaban J connectivity index is 2.70. The first-order chi connectivity index (χ1) is 9.76. The molecule has 1 rings (SSSR count). The predicted octanol–water partition coefficient (Wildman–Crippen LogP) is 2.14. The van der Waals surface area contributed by atoms with Gasteiger partial charge in [-0.2, -0.15) is 0 Å². The van der Waals surface area contributed by atoms with Crippen molar-refractivity contribution in [3.63, 3.8) is 0 Å². The Morgan fingerprint density at radius 2 is 1.67 bits per heavy atom. The molecule has 0 radical (unpaired) electrons. The van der Waals surface area contributed by atoms with Crippen LogP contribution in [-0.4, -0.2) is 44.1 Å². The summed E-state index contributed by atoms with van der Waals surface area (Å²) in [5.41, 5.74) is 0.978. The van der Waals surface area contributed by atoms with E-state index in [-0.39, 0.29) is 12.1 Å². The quantitative estimate of drug-likeness (QED) is 0.807. The lowest BCUT2D eigenvalue weighted by atomic mass is 10.1. The zero-order valence-electron chi connectivity index (χ0n) is 13.8. The fourth-order valence-electron chi connectivity index (χ4n) is 1.82. The number of ether oxygens (including phenoxy) is 3. The second-order valence-corrected chi connectivity index (χ2v) is 6.09. The lowest BCUT2D eigenvalue weighted by Crippen LogP contribution is -2.42. The Morgan fingerprint density at radius 1 is 1.14 bits per heavy atom. The van der Waals surface area contributed by atoms with Crippen LogP contribution < -0.4 is 19.5 Å². The monoisotopic (exact) mass is 297 g/mol. The maximum atomic E-state index is 9.99. The van der Waals surface area contributed by atoms with Gasteiger partial charge < -0.3 is 24.6 Å². The molecule has 120 valence electrons. The molecular weight excluding hydrogens is 270 g/mol. The Labute approximate surface area is 127 Å². The van der Waals surface area contributed by atoms with Gasteiger partial charge in [0, 0.05) is 12.1 Å². The van der Waals surface area contributed by atoms with Crippen LogP contribution in [0.3, 0.4) is 0 Å². The molecule has 0 saturated heterocycles. The van der Waals surface area contributed by atoms with E-state index >= 15 is 0 Å². The Hall–Kier alpha value is -1.46. The van der Waals surface area contributed by atoms with Gasteiger partial charge in [0.05, 0.1) is 14.2 Å². The summed E-state index contributed by atoms with van der Waals surface area (Å²) in [6.45, 7) is 8.72. The number of β-amino-alcohol motifs (C(OH)–C–C–N with tert-alkyl or cyclic N) is 1. The molecular formula is C16H27NO4. The Kier molecular flexibility index (Phi) is 6.30. The number of benzene rings is 1. The molecule has 0 aliphatic heterocycles. The highest BCUT2D eigenvalue weighted by molar-refractivity contribution is 5.53. The van der Waals surface area contributed by atoms with E-state index in [1.165, 1.54) is 0 Å². The Morgan fingerprint density at radius 3 is 2.10 bits per heavy atom. The zero-order valence-corrected chi connectivity index (χ0v) is 13.8. The van der Waals surface area contributed by atoms with Crippen molar-refractivity contribution < 1.29 is 19.3 Å². The average Bonchev–Trinajstić information content (AvgIpc) is 2.41. The molecule has 1 atom stereocenters. The van der Waals surface area contributed by atoms with Crippen molar-refractivity contribution in [2.45, 2.75) is 39.3 Å². The van der Waals surface area contributed by atoms with Crippen molar-refractivity contribution in [1.29, 1.82) is 0 Å². The van der Waals surface area contributed by atoms with Crippen molar-refractivity contribution in [3.8, 4) is 17.2 Å². The molecule has 1 aromatic rings. The molecule has 0 aromatic heterocycles. The molecule has 0 heterocycles. The van der Waals surface area contributed by atoms with Crippen LogP contribution in [0.2, 0.25) is 0 Å². The minimum Gasteiger partial charge on any atom is -0.493 e. The van der Waals surface area contributed by atoms with Gasteiger partial charge in [-0.05, 0) is 45.4 Å². The molecule has 2 N–H and O–H groups in total. The van der Waals surface area contributed by atoms with Crippen LogP contribution in [0.25, 0.3) is 0 Å². The van der Waals surface area contributed by atoms with Crippen LogP contribution in [0, 0.1) is 6.92 Å². The van der Waals surface area contributed by atoms with E-state index in [1.807, 2.05) is 39.8 Å². The smallest absolute Gasteiger partial charge is 0.203 e. The first kappa shape index (κ1) is 17.6. The fourth-order valence-corrected chi connectivity index (χ4v) is 1.82. The third-order valence-electron chi connectivity index (χ3n) is 2.89. The fraction of sp³-hybridized carbons (Fsp3) is 0.625. The topological polar surface area (TPSA) is 60.0 Å². The number of rotatable bonds is 7. The van der Waals surface area contributed by atoms with Gasteiger partial charge in [0.15, 0.2) is 11.5 Å². The summed E-state index contributed by atoms with van der Waals surface area (Å²) in [5, 5.41) is 13.2. The maximum absolute atomic E-state index is 9.99. The van der Waals surface area contributed by atoms with Crippen LogP contribution in [0.4, 0.5) is 0 Å². The largest absolute Gasteiger partial charge is 0.493 e. The van der Waals surface area contributed by atoms with Gasteiger partial charge in [-0.25, -0.2) is 0 Å². The van der Waals surface area contributed by atoms with Gasteiger partial charge in [-0.1, -0.05) is 0 Å². The molecule has 0 aliphatic carbocycles. The summed E-state index contributed by atoms with van der Waals surface area (Å²) < 4.78 is 16.3. The zero-order chi connectivity index (χ0) is 16.0. The minimum atomic E-state index is -0.611. The highest BCUT2D eigenvalue weighted by atomic mass is 16.5. The number of aliphatic hydroxyl groups excluding tert-OH is 1. The van der Waals surface area contributed by atoms with Crippen LogP contribution in [0.5, 0.6) is 17.2 Å². The third kappa shape index (κ3) is 5.81. The van der Waals surface area contributed by atoms with Crippen LogP contribution in [-0.2, 0) is 0 Å². The summed E-state index contributed by atoms with van der Waals surface area (Å²) in [5.74, 6) is 1.71. The van der Waals surface area contributed by atoms with Crippen molar-refractivity contribution in [2.24, 2.45) is 0 Å². The summed E-state index contributed by atoms with van der Waals surface area (Å²) in [4.78, 5) is 0. The molecule has 5 nitrogen and oxygen atoms in total. The summed E-state index contributed by atoms with van der Waals surface area (Å²) >= 11 is 0. The number of aliphatic hydroxyl groups is 1. The SMILES string of the molecule is COc1cc(C)cc(OC)c1OCC(O)CNC(C)(C)C. The van der Waals surface area contributed by atoms with Crippen LogP contribution in [0.1, 0.15) is 26.3 Å². The molecule has 0 amide bonds. The van der Waals surface area contributed by atoms with Gasteiger partial charge in [0.2, 0.25) is 5.75 Å². The number of aryl methyl sites for hydroxylation is 1. The van der Waals surface area contributed by atoms with Crippen molar-refractivity contribution in [3.05, 3.63) is 17.7 Å². The molecule has 1 aromatic carbocycles. The average molecular weight is 297 g/mol.